The number of hydrogen-bond donors (Lipinski definition) is 1. The molecule has 0 aliphatic carbocycles. The van der Waals surface area contributed by atoms with Crippen LogP contribution in [0.1, 0.15) is 21.5 Å². The summed E-state index contributed by atoms with van der Waals surface area (Å²) in [4.78, 5) is 26.0. The summed E-state index contributed by atoms with van der Waals surface area (Å²) in [7, 11) is 1.60. The number of nitrogens with zero attached hydrogens (tertiary/aromatic N) is 1. The molecule has 1 N–H and O–H groups in total. The first-order chi connectivity index (χ1) is 15.0. The van der Waals surface area contributed by atoms with Crippen molar-refractivity contribution >= 4 is 11.9 Å². The minimum absolute atomic E-state index is 0.260. The van der Waals surface area contributed by atoms with Gasteiger partial charge in [0.05, 0.1) is 12.7 Å². The highest BCUT2D eigenvalue weighted by Crippen LogP contribution is 2.26. The number of carbonyl (C=O) groups is 2. The second-order valence-electron chi connectivity index (χ2n) is 7.13. The van der Waals surface area contributed by atoms with Crippen LogP contribution in [0.4, 0.5) is 0 Å². The monoisotopic (exact) mass is 419 g/mol. The molecule has 0 bridgehead atoms. The third-order valence-electron chi connectivity index (χ3n) is 4.81. The number of carboxylic acid groups (broad SMARTS) is 1. The smallest absolute Gasteiger partial charge is 0.323 e. The molecule has 6 nitrogen and oxygen atoms in total. The van der Waals surface area contributed by atoms with Crippen LogP contribution in [-0.4, -0.2) is 42.1 Å². The molecule has 0 heterocycles. The Morgan fingerprint density at radius 3 is 2.19 bits per heavy atom. The maximum atomic E-state index is 13.2. The maximum Gasteiger partial charge on any atom is 0.323 e. The second-order valence-corrected chi connectivity index (χ2v) is 7.13. The van der Waals surface area contributed by atoms with Gasteiger partial charge in [-0.15, -0.1) is 0 Å². The molecule has 0 unspecified atom stereocenters. The number of methoxy groups -OCH3 is 1. The van der Waals surface area contributed by atoms with Gasteiger partial charge in [-0.3, -0.25) is 9.59 Å². The molecule has 1 amide bonds. The first kappa shape index (κ1) is 21.9. The molecular weight excluding hydrogens is 394 g/mol. The fraction of sp³-hybridized carbons (Fsp3) is 0.200. The highest BCUT2D eigenvalue weighted by Gasteiger charge is 2.22. The quantitative estimate of drug-likeness (QED) is 0.550. The Morgan fingerprint density at radius 1 is 0.903 bits per heavy atom. The number of amides is 1. The highest BCUT2D eigenvalue weighted by atomic mass is 16.5. The Balaban J connectivity index is 1.78. The van der Waals surface area contributed by atoms with E-state index in [-0.39, 0.29) is 6.54 Å². The van der Waals surface area contributed by atoms with Crippen LogP contribution in [0.3, 0.4) is 0 Å². The molecule has 0 saturated carbocycles. The van der Waals surface area contributed by atoms with Crippen molar-refractivity contribution in [2.24, 2.45) is 0 Å². The third kappa shape index (κ3) is 6.09. The van der Waals surface area contributed by atoms with Gasteiger partial charge < -0.3 is 19.5 Å². The number of hydrogen-bond acceptors (Lipinski definition) is 4. The van der Waals surface area contributed by atoms with E-state index in [0.29, 0.717) is 23.5 Å². The van der Waals surface area contributed by atoms with Crippen molar-refractivity contribution in [2.75, 3.05) is 20.2 Å². The summed E-state index contributed by atoms with van der Waals surface area (Å²) < 4.78 is 11.1. The van der Waals surface area contributed by atoms with Crippen LogP contribution in [0.5, 0.6) is 17.2 Å². The third-order valence-corrected chi connectivity index (χ3v) is 4.81. The predicted molar refractivity (Wildman–Crippen MR) is 118 cm³/mol. The van der Waals surface area contributed by atoms with E-state index >= 15 is 0 Å². The molecule has 0 fully saturated rings. The van der Waals surface area contributed by atoms with Crippen molar-refractivity contribution in [1.29, 1.82) is 0 Å². The number of aliphatic carboxylic acids is 1. The zero-order valence-corrected chi connectivity index (χ0v) is 17.6. The Kier molecular flexibility index (Phi) is 7.27. The molecule has 0 aliphatic heterocycles. The summed E-state index contributed by atoms with van der Waals surface area (Å²) in [5.41, 5.74) is 2.40. The van der Waals surface area contributed by atoms with Crippen molar-refractivity contribution < 1.29 is 24.2 Å². The first-order valence-corrected chi connectivity index (χ1v) is 9.94. The van der Waals surface area contributed by atoms with Crippen LogP contribution in [0.15, 0.2) is 72.8 Å². The Hall–Kier alpha value is -3.80. The molecule has 0 radical (unpaired) electrons. The molecule has 0 spiro atoms. The molecule has 6 heteroatoms. The standard InChI is InChI=1S/C25H25NO5/c1-18-7-11-21(12-8-18)31-23-6-4-3-5-22(23)25(29)26(17-24(27)28)16-15-19-9-13-20(30-2)14-10-19/h3-14H,15-17H2,1-2H3,(H,27,28). The van der Waals surface area contributed by atoms with Crippen molar-refractivity contribution in [1.82, 2.24) is 4.90 Å². The lowest BCUT2D eigenvalue weighted by Crippen LogP contribution is -2.37. The summed E-state index contributed by atoms with van der Waals surface area (Å²) in [5.74, 6) is 0.271. The summed E-state index contributed by atoms with van der Waals surface area (Å²) in [6.45, 7) is 1.85. The summed E-state index contributed by atoms with van der Waals surface area (Å²) >= 11 is 0. The van der Waals surface area contributed by atoms with E-state index in [4.69, 9.17) is 9.47 Å². The van der Waals surface area contributed by atoms with E-state index in [2.05, 4.69) is 0 Å². The normalized spacial score (nSPS) is 10.4. The van der Waals surface area contributed by atoms with Crippen LogP contribution in [-0.2, 0) is 11.2 Å². The molecule has 0 aliphatic rings. The molecule has 3 aromatic rings. The van der Waals surface area contributed by atoms with Gasteiger partial charge in [0.1, 0.15) is 23.8 Å². The lowest BCUT2D eigenvalue weighted by Gasteiger charge is -2.22. The van der Waals surface area contributed by atoms with Gasteiger partial charge in [-0.2, -0.15) is 0 Å². The molecular formula is C25H25NO5. The zero-order valence-electron chi connectivity index (χ0n) is 17.6. The molecule has 3 aromatic carbocycles. The molecule has 160 valence electrons. The van der Waals surface area contributed by atoms with E-state index in [1.807, 2.05) is 55.5 Å². The summed E-state index contributed by atoms with van der Waals surface area (Å²) in [5, 5.41) is 9.33. The largest absolute Gasteiger partial charge is 0.497 e. The molecule has 3 rings (SSSR count). The fourth-order valence-electron chi connectivity index (χ4n) is 3.11. The van der Waals surface area contributed by atoms with E-state index in [0.717, 1.165) is 16.9 Å². The lowest BCUT2D eigenvalue weighted by atomic mass is 10.1. The Bertz CT molecular complexity index is 1030. The average Bonchev–Trinajstić information content (AvgIpc) is 2.78. The minimum Gasteiger partial charge on any atom is -0.497 e. The van der Waals surface area contributed by atoms with Gasteiger partial charge in [0.2, 0.25) is 0 Å². The second kappa shape index (κ2) is 10.3. The Labute approximate surface area is 181 Å². The molecule has 0 saturated heterocycles. The van der Waals surface area contributed by atoms with Crippen molar-refractivity contribution in [3.63, 3.8) is 0 Å². The summed E-state index contributed by atoms with van der Waals surface area (Å²) in [6.07, 6.45) is 0.518. The van der Waals surface area contributed by atoms with Crippen molar-refractivity contribution in [3.05, 3.63) is 89.5 Å². The number of carbonyl (C=O) groups excluding carboxylic acids is 1. The topological polar surface area (TPSA) is 76.1 Å². The van der Waals surface area contributed by atoms with Gasteiger partial charge in [0.25, 0.3) is 5.91 Å². The SMILES string of the molecule is COc1ccc(CCN(CC(=O)O)C(=O)c2ccccc2Oc2ccc(C)cc2)cc1. The van der Waals surface area contributed by atoms with Gasteiger partial charge in [-0.1, -0.05) is 42.0 Å². The highest BCUT2D eigenvalue weighted by molar-refractivity contribution is 5.98. The van der Waals surface area contributed by atoms with Gasteiger partial charge in [0, 0.05) is 6.54 Å². The van der Waals surface area contributed by atoms with Crippen LogP contribution in [0.2, 0.25) is 0 Å². The van der Waals surface area contributed by atoms with Crippen LogP contribution in [0.25, 0.3) is 0 Å². The minimum atomic E-state index is -1.07. The van der Waals surface area contributed by atoms with Crippen molar-refractivity contribution in [3.8, 4) is 17.2 Å². The zero-order chi connectivity index (χ0) is 22.2. The molecule has 0 aromatic heterocycles. The number of para-hydroxylation sites is 1. The lowest BCUT2D eigenvalue weighted by molar-refractivity contribution is -0.137. The van der Waals surface area contributed by atoms with E-state index in [9.17, 15) is 14.7 Å². The number of aryl methyl sites for hydroxylation is 1. The number of carboxylic acids is 1. The van der Waals surface area contributed by atoms with E-state index in [1.165, 1.54) is 4.90 Å². The van der Waals surface area contributed by atoms with Crippen LogP contribution in [0, 0.1) is 6.92 Å². The van der Waals surface area contributed by atoms with Crippen LogP contribution >= 0.6 is 0 Å². The van der Waals surface area contributed by atoms with Gasteiger partial charge in [0.15, 0.2) is 0 Å². The molecule has 31 heavy (non-hydrogen) atoms. The average molecular weight is 419 g/mol. The maximum absolute atomic E-state index is 13.2. The fourth-order valence-corrected chi connectivity index (χ4v) is 3.11. The van der Waals surface area contributed by atoms with Crippen molar-refractivity contribution in [2.45, 2.75) is 13.3 Å². The molecule has 0 atom stereocenters. The number of ether oxygens (including phenoxy) is 2. The predicted octanol–water partition coefficient (Wildman–Crippen LogP) is 4.57. The Morgan fingerprint density at radius 2 is 1.55 bits per heavy atom. The number of rotatable bonds is 9. The van der Waals surface area contributed by atoms with Crippen LogP contribution < -0.4 is 9.47 Å². The summed E-state index contributed by atoms with van der Waals surface area (Å²) in [6, 6.07) is 21.8. The van der Waals surface area contributed by atoms with E-state index in [1.54, 1.807) is 31.4 Å². The number of benzene rings is 3. The van der Waals surface area contributed by atoms with Gasteiger partial charge >= 0.3 is 5.97 Å². The van der Waals surface area contributed by atoms with Gasteiger partial charge in [-0.25, -0.2) is 0 Å². The van der Waals surface area contributed by atoms with E-state index < -0.39 is 18.4 Å². The first-order valence-electron chi connectivity index (χ1n) is 9.94. The van der Waals surface area contributed by atoms with Gasteiger partial charge in [-0.05, 0) is 55.3 Å².